The molecule has 5 nitrogen and oxygen atoms in total. The van der Waals surface area contributed by atoms with Crippen molar-refractivity contribution in [2.75, 3.05) is 5.75 Å². The molecule has 1 atom stereocenters. The van der Waals surface area contributed by atoms with E-state index < -0.39 is 12.0 Å². The zero-order valence-corrected chi connectivity index (χ0v) is 11.7. The number of oxazole rings is 1. The van der Waals surface area contributed by atoms with Gasteiger partial charge in [-0.3, -0.25) is 4.79 Å². The van der Waals surface area contributed by atoms with Crippen LogP contribution in [0.4, 0.5) is 0 Å². The first-order valence-electron chi connectivity index (χ1n) is 6.69. The van der Waals surface area contributed by atoms with Gasteiger partial charge in [-0.05, 0) is 31.4 Å². The summed E-state index contributed by atoms with van der Waals surface area (Å²) in [6, 6.07) is 7.52. The number of carboxylic acids is 1. The molecule has 0 bridgehead atoms. The lowest BCUT2D eigenvalue weighted by molar-refractivity contribution is -0.139. The minimum Gasteiger partial charge on any atom is -0.480 e. The van der Waals surface area contributed by atoms with Crippen LogP contribution in [0, 0.1) is 0 Å². The molecule has 1 aromatic carbocycles. The van der Waals surface area contributed by atoms with Gasteiger partial charge in [-0.2, -0.15) is 0 Å². The Labute approximate surface area is 120 Å². The lowest BCUT2D eigenvalue weighted by atomic mass is 10.2. The summed E-state index contributed by atoms with van der Waals surface area (Å²) in [5, 5.41) is 12.9. The quantitative estimate of drug-likeness (QED) is 0.764. The Kier molecular flexibility index (Phi) is 3.93. The number of hydrogen-bond acceptors (Lipinski definition) is 5. The predicted octanol–water partition coefficient (Wildman–Crippen LogP) is 2.52. The van der Waals surface area contributed by atoms with Crippen LogP contribution in [0.5, 0.6) is 0 Å². The molecule has 3 rings (SSSR count). The topological polar surface area (TPSA) is 75.4 Å². The lowest BCUT2D eigenvalue weighted by Gasteiger charge is -2.12. The van der Waals surface area contributed by atoms with Crippen LogP contribution in [0.3, 0.4) is 0 Å². The molecule has 2 N–H and O–H groups in total. The Hall–Kier alpha value is -1.53. The maximum absolute atomic E-state index is 11.1. The molecule has 6 heteroatoms. The van der Waals surface area contributed by atoms with E-state index in [1.54, 1.807) is 0 Å². The zero-order chi connectivity index (χ0) is 13.9. The van der Waals surface area contributed by atoms with Gasteiger partial charge in [0.25, 0.3) is 5.22 Å². The fourth-order valence-corrected chi connectivity index (χ4v) is 2.83. The molecule has 2 aromatic rings. The summed E-state index contributed by atoms with van der Waals surface area (Å²) >= 11 is 1.46. The summed E-state index contributed by atoms with van der Waals surface area (Å²) in [6.45, 7) is 0. The molecule has 1 unspecified atom stereocenters. The van der Waals surface area contributed by atoms with Crippen molar-refractivity contribution in [2.24, 2.45) is 0 Å². The molecule has 1 saturated carbocycles. The van der Waals surface area contributed by atoms with Crippen molar-refractivity contribution in [3.8, 4) is 0 Å². The number of nitrogens with one attached hydrogen (secondary N) is 1. The number of carboxylic acid groups (broad SMARTS) is 1. The summed E-state index contributed by atoms with van der Waals surface area (Å²) < 4.78 is 5.59. The maximum atomic E-state index is 11.1. The third-order valence-corrected chi connectivity index (χ3v) is 4.08. The molecule has 1 fully saturated rings. The SMILES string of the molecule is O=C(O)C(CCSc1nc2ccccc2o1)NC1CC1. The highest BCUT2D eigenvalue weighted by atomic mass is 32.2. The number of nitrogens with zero attached hydrogens (tertiary/aromatic N) is 1. The number of para-hydroxylation sites is 2. The smallest absolute Gasteiger partial charge is 0.320 e. The normalized spacial score (nSPS) is 16.4. The summed E-state index contributed by atoms with van der Waals surface area (Å²) in [5.41, 5.74) is 1.60. The average molecular weight is 292 g/mol. The van der Waals surface area contributed by atoms with Crippen molar-refractivity contribution in [3.63, 3.8) is 0 Å². The van der Waals surface area contributed by atoms with E-state index in [-0.39, 0.29) is 0 Å². The molecule has 1 heterocycles. The van der Waals surface area contributed by atoms with Gasteiger partial charge in [0.05, 0.1) is 0 Å². The van der Waals surface area contributed by atoms with Crippen LogP contribution in [0.15, 0.2) is 33.9 Å². The van der Waals surface area contributed by atoms with Gasteiger partial charge in [0.2, 0.25) is 0 Å². The number of benzene rings is 1. The third kappa shape index (κ3) is 3.32. The second-order valence-electron chi connectivity index (χ2n) is 4.92. The largest absolute Gasteiger partial charge is 0.480 e. The molecule has 20 heavy (non-hydrogen) atoms. The standard InChI is InChI=1S/C14H16N2O3S/c17-13(18)11(15-9-5-6-9)7-8-20-14-16-10-3-1-2-4-12(10)19-14/h1-4,9,11,15H,5-8H2,(H,17,18). The fourth-order valence-electron chi connectivity index (χ4n) is 1.99. The van der Waals surface area contributed by atoms with Crippen LogP contribution in [0.2, 0.25) is 0 Å². The second-order valence-corrected chi connectivity index (χ2v) is 5.96. The summed E-state index contributed by atoms with van der Waals surface area (Å²) in [6.07, 6.45) is 2.74. The van der Waals surface area contributed by atoms with Crippen LogP contribution >= 0.6 is 11.8 Å². The Bertz CT molecular complexity index is 576. The maximum Gasteiger partial charge on any atom is 0.320 e. The van der Waals surface area contributed by atoms with Gasteiger partial charge >= 0.3 is 5.97 Å². The van der Waals surface area contributed by atoms with Crippen molar-refractivity contribution in [2.45, 2.75) is 36.6 Å². The first-order chi connectivity index (χ1) is 9.72. The Morgan fingerprint density at radius 1 is 1.50 bits per heavy atom. The Morgan fingerprint density at radius 2 is 2.30 bits per heavy atom. The van der Waals surface area contributed by atoms with Gasteiger partial charge in [-0.15, -0.1) is 0 Å². The van der Waals surface area contributed by atoms with Gasteiger partial charge in [0, 0.05) is 11.8 Å². The number of hydrogen-bond donors (Lipinski definition) is 2. The first-order valence-corrected chi connectivity index (χ1v) is 7.68. The van der Waals surface area contributed by atoms with E-state index in [1.165, 1.54) is 11.8 Å². The molecular weight excluding hydrogens is 276 g/mol. The highest BCUT2D eigenvalue weighted by molar-refractivity contribution is 7.99. The third-order valence-electron chi connectivity index (χ3n) is 3.22. The molecule has 0 spiro atoms. The van der Waals surface area contributed by atoms with E-state index in [0.29, 0.717) is 23.4 Å². The van der Waals surface area contributed by atoms with Gasteiger partial charge in [0.1, 0.15) is 11.6 Å². The Morgan fingerprint density at radius 3 is 3.00 bits per heavy atom. The first kappa shape index (κ1) is 13.5. The summed E-state index contributed by atoms with van der Waals surface area (Å²) in [5.74, 6) is -0.112. The van der Waals surface area contributed by atoms with Crippen molar-refractivity contribution >= 4 is 28.8 Å². The lowest BCUT2D eigenvalue weighted by Crippen LogP contribution is -2.38. The minimum atomic E-state index is -0.782. The number of aliphatic carboxylic acids is 1. The van der Waals surface area contributed by atoms with Crippen molar-refractivity contribution in [1.29, 1.82) is 0 Å². The molecule has 1 aliphatic carbocycles. The number of rotatable bonds is 7. The molecule has 0 amide bonds. The van der Waals surface area contributed by atoms with E-state index >= 15 is 0 Å². The van der Waals surface area contributed by atoms with E-state index in [0.717, 1.165) is 23.9 Å². The van der Waals surface area contributed by atoms with Crippen molar-refractivity contribution in [3.05, 3.63) is 24.3 Å². The van der Waals surface area contributed by atoms with E-state index in [4.69, 9.17) is 9.52 Å². The van der Waals surface area contributed by atoms with Gasteiger partial charge in [-0.25, -0.2) is 4.98 Å². The van der Waals surface area contributed by atoms with Crippen LogP contribution in [-0.4, -0.2) is 33.9 Å². The minimum absolute atomic E-state index is 0.394. The average Bonchev–Trinajstić information content (AvgIpc) is 3.15. The summed E-state index contributed by atoms with van der Waals surface area (Å²) in [4.78, 5) is 15.5. The number of fused-ring (bicyclic) bond motifs is 1. The highest BCUT2D eigenvalue weighted by Gasteiger charge is 2.27. The fraction of sp³-hybridized carbons (Fsp3) is 0.429. The molecule has 0 radical (unpaired) electrons. The van der Waals surface area contributed by atoms with Crippen molar-refractivity contribution < 1.29 is 14.3 Å². The van der Waals surface area contributed by atoms with Crippen LogP contribution in [0.1, 0.15) is 19.3 Å². The number of carbonyl (C=O) groups is 1. The molecule has 1 aliphatic rings. The van der Waals surface area contributed by atoms with Crippen LogP contribution in [-0.2, 0) is 4.79 Å². The van der Waals surface area contributed by atoms with Gasteiger partial charge in [0.15, 0.2) is 5.58 Å². The van der Waals surface area contributed by atoms with E-state index in [2.05, 4.69) is 10.3 Å². The monoisotopic (exact) mass is 292 g/mol. The number of aromatic nitrogens is 1. The van der Waals surface area contributed by atoms with Crippen LogP contribution in [0.25, 0.3) is 11.1 Å². The molecule has 0 saturated heterocycles. The van der Waals surface area contributed by atoms with E-state index in [1.807, 2.05) is 24.3 Å². The molecule has 106 valence electrons. The summed E-state index contributed by atoms with van der Waals surface area (Å²) in [7, 11) is 0. The molecule has 1 aromatic heterocycles. The number of thioether (sulfide) groups is 1. The van der Waals surface area contributed by atoms with Crippen molar-refractivity contribution in [1.82, 2.24) is 10.3 Å². The zero-order valence-electron chi connectivity index (χ0n) is 10.9. The van der Waals surface area contributed by atoms with Gasteiger partial charge in [-0.1, -0.05) is 23.9 Å². The van der Waals surface area contributed by atoms with E-state index in [9.17, 15) is 4.79 Å². The van der Waals surface area contributed by atoms with Crippen LogP contribution < -0.4 is 5.32 Å². The molecular formula is C14H16N2O3S. The van der Waals surface area contributed by atoms with Gasteiger partial charge < -0.3 is 14.8 Å². The Balaban J connectivity index is 1.54. The highest BCUT2D eigenvalue weighted by Crippen LogP contribution is 2.25. The predicted molar refractivity (Wildman–Crippen MR) is 76.9 cm³/mol. The molecule has 0 aliphatic heterocycles. The second kappa shape index (κ2) is 5.85.